The van der Waals surface area contributed by atoms with E-state index in [9.17, 15) is 4.79 Å². The zero-order valence-corrected chi connectivity index (χ0v) is 12.6. The van der Waals surface area contributed by atoms with Crippen LogP contribution in [0, 0.1) is 0 Å². The molecule has 2 atom stereocenters. The van der Waals surface area contributed by atoms with Crippen molar-refractivity contribution in [3.05, 3.63) is 12.2 Å². The molecular formula is C16H28O3. The Kier molecular flexibility index (Phi) is 7.32. The van der Waals surface area contributed by atoms with Crippen LogP contribution >= 0.6 is 0 Å². The summed E-state index contributed by atoms with van der Waals surface area (Å²) in [5.41, 5.74) is 0. The van der Waals surface area contributed by atoms with Gasteiger partial charge in [-0.2, -0.15) is 0 Å². The molecule has 0 amide bonds. The van der Waals surface area contributed by atoms with E-state index in [0.29, 0.717) is 0 Å². The van der Waals surface area contributed by atoms with Crippen molar-refractivity contribution < 1.29 is 14.3 Å². The summed E-state index contributed by atoms with van der Waals surface area (Å²) in [5, 5.41) is 0. The normalized spacial score (nSPS) is 26.1. The molecule has 0 N–H and O–H groups in total. The minimum atomic E-state index is -0.652. The number of ether oxygens (including phenoxy) is 2. The predicted octanol–water partition coefficient (Wildman–Crippen LogP) is 4.01. The maximum absolute atomic E-state index is 10.9. The number of carbonyl (C=O) groups is 1. The molecule has 0 radical (unpaired) electrons. The van der Waals surface area contributed by atoms with E-state index < -0.39 is 11.9 Å². The van der Waals surface area contributed by atoms with Crippen LogP contribution in [0.15, 0.2) is 12.2 Å². The van der Waals surface area contributed by atoms with Gasteiger partial charge in [0.1, 0.15) is 12.2 Å². The van der Waals surface area contributed by atoms with Gasteiger partial charge in [0.2, 0.25) is 0 Å². The minimum absolute atomic E-state index is 0.229. The lowest BCUT2D eigenvalue weighted by Gasteiger charge is -2.15. The van der Waals surface area contributed by atoms with E-state index in [4.69, 9.17) is 9.47 Å². The Balaban J connectivity index is 2.16. The first kappa shape index (κ1) is 16.4. The number of rotatable bonds is 9. The molecule has 0 aromatic rings. The predicted molar refractivity (Wildman–Crippen MR) is 77.0 cm³/mol. The topological polar surface area (TPSA) is 35.5 Å². The van der Waals surface area contributed by atoms with Gasteiger partial charge in [-0.15, -0.1) is 0 Å². The largest absolute Gasteiger partial charge is 0.340 e. The number of hydrogen-bond acceptors (Lipinski definition) is 3. The molecule has 19 heavy (non-hydrogen) atoms. The van der Waals surface area contributed by atoms with Gasteiger partial charge in [0.05, 0.1) is 0 Å². The molecule has 1 fully saturated rings. The lowest BCUT2D eigenvalue weighted by Crippen LogP contribution is -2.22. The van der Waals surface area contributed by atoms with Crippen LogP contribution in [0.25, 0.3) is 0 Å². The molecule has 1 rings (SSSR count). The Morgan fingerprint density at radius 2 is 1.63 bits per heavy atom. The highest BCUT2D eigenvalue weighted by Gasteiger charge is 2.39. The van der Waals surface area contributed by atoms with Crippen LogP contribution in [-0.2, 0) is 14.3 Å². The van der Waals surface area contributed by atoms with Crippen LogP contribution in [-0.4, -0.2) is 24.3 Å². The zero-order valence-electron chi connectivity index (χ0n) is 12.6. The second-order valence-electron chi connectivity index (χ2n) is 5.69. The van der Waals surface area contributed by atoms with E-state index in [1.54, 1.807) is 0 Å². The van der Waals surface area contributed by atoms with Crippen molar-refractivity contribution in [1.82, 2.24) is 0 Å². The lowest BCUT2D eigenvalue weighted by molar-refractivity contribution is -0.148. The molecule has 0 bridgehead atoms. The summed E-state index contributed by atoms with van der Waals surface area (Å²) in [5.74, 6) is -0.652. The molecule has 0 aromatic heterocycles. The summed E-state index contributed by atoms with van der Waals surface area (Å²) in [7, 11) is 0. The Morgan fingerprint density at radius 3 is 2.32 bits per heavy atom. The van der Waals surface area contributed by atoms with Crippen LogP contribution in [0.1, 0.15) is 65.7 Å². The van der Waals surface area contributed by atoms with E-state index in [1.807, 2.05) is 19.9 Å². The van der Waals surface area contributed by atoms with Gasteiger partial charge in [0.25, 0.3) is 0 Å². The van der Waals surface area contributed by atoms with E-state index in [2.05, 4.69) is 13.0 Å². The maximum atomic E-state index is 10.9. The van der Waals surface area contributed by atoms with Crippen molar-refractivity contribution in [2.45, 2.75) is 83.7 Å². The standard InChI is InChI=1S/C16H28O3/c1-4-5-6-7-8-9-10-11-12-14-15(13-17)19-16(2,3)18-14/h11-15H,4-10H2,1-3H3/b12-11+/t14-,15+/m1/s1. The first-order valence-electron chi connectivity index (χ1n) is 7.56. The second kappa shape index (κ2) is 8.49. The maximum Gasteiger partial charge on any atom is 0.164 e. The van der Waals surface area contributed by atoms with Gasteiger partial charge >= 0.3 is 0 Å². The van der Waals surface area contributed by atoms with E-state index in [1.165, 1.54) is 38.5 Å². The summed E-state index contributed by atoms with van der Waals surface area (Å²) >= 11 is 0. The Hall–Kier alpha value is -0.670. The Morgan fingerprint density at radius 1 is 1.00 bits per heavy atom. The molecular weight excluding hydrogens is 240 g/mol. The van der Waals surface area contributed by atoms with Gasteiger partial charge in [-0.25, -0.2) is 0 Å². The van der Waals surface area contributed by atoms with E-state index in [-0.39, 0.29) is 6.10 Å². The molecule has 1 aliphatic rings. The van der Waals surface area contributed by atoms with Crippen LogP contribution in [0.3, 0.4) is 0 Å². The fourth-order valence-corrected chi connectivity index (χ4v) is 2.34. The molecule has 0 saturated carbocycles. The van der Waals surface area contributed by atoms with Crippen molar-refractivity contribution >= 4 is 6.29 Å². The fraction of sp³-hybridized carbons (Fsp3) is 0.812. The third-order valence-electron chi connectivity index (χ3n) is 3.35. The average molecular weight is 268 g/mol. The highest BCUT2D eigenvalue weighted by atomic mass is 16.8. The highest BCUT2D eigenvalue weighted by Crippen LogP contribution is 2.27. The molecule has 3 heteroatoms. The SMILES string of the molecule is CCCCCCCC/C=C/[C@H]1OC(C)(C)O[C@H]1C=O. The van der Waals surface area contributed by atoms with Crippen molar-refractivity contribution in [2.24, 2.45) is 0 Å². The highest BCUT2D eigenvalue weighted by molar-refractivity contribution is 5.58. The number of allylic oxidation sites excluding steroid dienone is 1. The second-order valence-corrected chi connectivity index (χ2v) is 5.69. The minimum Gasteiger partial charge on any atom is -0.340 e. The van der Waals surface area contributed by atoms with Gasteiger partial charge in [0, 0.05) is 0 Å². The average Bonchev–Trinajstić information content (AvgIpc) is 2.67. The molecule has 0 aromatic carbocycles. The van der Waals surface area contributed by atoms with Crippen molar-refractivity contribution in [1.29, 1.82) is 0 Å². The van der Waals surface area contributed by atoms with Crippen LogP contribution < -0.4 is 0 Å². The van der Waals surface area contributed by atoms with Crippen LogP contribution in [0.2, 0.25) is 0 Å². The third-order valence-corrected chi connectivity index (χ3v) is 3.35. The molecule has 1 aliphatic heterocycles. The summed E-state index contributed by atoms with van der Waals surface area (Å²) in [6, 6.07) is 0. The number of carbonyl (C=O) groups excluding carboxylic acids is 1. The van der Waals surface area contributed by atoms with E-state index >= 15 is 0 Å². The Labute approximate surface area is 117 Å². The van der Waals surface area contributed by atoms with Gasteiger partial charge in [-0.1, -0.05) is 51.2 Å². The molecule has 0 unspecified atom stereocenters. The number of hydrogen-bond donors (Lipinski definition) is 0. The summed E-state index contributed by atoms with van der Waals surface area (Å²) < 4.78 is 11.2. The van der Waals surface area contributed by atoms with Gasteiger partial charge in [-0.05, 0) is 26.7 Å². The molecule has 110 valence electrons. The molecule has 0 aliphatic carbocycles. The van der Waals surface area contributed by atoms with Gasteiger partial charge < -0.3 is 14.3 Å². The molecule has 0 spiro atoms. The van der Waals surface area contributed by atoms with Crippen LogP contribution in [0.5, 0.6) is 0 Å². The first-order valence-corrected chi connectivity index (χ1v) is 7.56. The lowest BCUT2D eigenvalue weighted by atomic mass is 10.1. The van der Waals surface area contributed by atoms with Crippen molar-refractivity contribution in [3.8, 4) is 0 Å². The van der Waals surface area contributed by atoms with Crippen LogP contribution in [0.4, 0.5) is 0 Å². The zero-order chi connectivity index (χ0) is 14.1. The fourth-order valence-electron chi connectivity index (χ4n) is 2.34. The summed E-state index contributed by atoms with van der Waals surface area (Å²) in [4.78, 5) is 10.9. The molecule has 1 saturated heterocycles. The van der Waals surface area contributed by atoms with Gasteiger partial charge in [-0.3, -0.25) is 0 Å². The first-order chi connectivity index (χ1) is 9.09. The molecule has 1 heterocycles. The number of unbranched alkanes of at least 4 members (excludes halogenated alkanes) is 6. The monoisotopic (exact) mass is 268 g/mol. The van der Waals surface area contributed by atoms with Crippen molar-refractivity contribution in [3.63, 3.8) is 0 Å². The number of aldehydes is 1. The summed E-state index contributed by atoms with van der Waals surface area (Å²) in [6.45, 7) is 5.91. The Bertz CT molecular complexity index is 284. The smallest absolute Gasteiger partial charge is 0.164 e. The van der Waals surface area contributed by atoms with Gasteiger partial charge in [0.15, 0.2) is 12.1 Å². The van der Waals surface area contributed by atoms with E-state index in [0.717, 1.165) is 12.7 Å². The summed E-state index contributed by atoms with van der Waals surface area (Å²) in [6.07, 6.45) is 13.1. The molecule has 3 nitrogen and oxygen atoms in total. The quantitative estimate of drug-likeness (QED) is 0.360. The van der Waals surface area contributed by atoms with Crippen molar-refractivity contribution in [2.75, 3.05) is 0 Å². The third kappa shape index (κ3) is 6.35.